The topological polar surface area (TPSA) is 78.4 Å². The smallest absolute Gasteiger partial charge is 0.217 e. The molecule has 5 heteroatoms. The Hall–Kier alpha value is -1.62. The van der Waals surface area contributed by atoms with Gasteiger partial charge in [-0.1, -0.05) is 37.6 Å². The second-order valence-electron chi connectivity index (χ2n) is 10.00. The average molecular weight is 387 g/mol. The lowest BCUT2D eigenvalue weighted by atomic mass is 9.48. The Morgan fingerprint density at radius 2 is 1.79 bits per heavy atom. The van der Waals surface area contributed by atoms with Gasteiger partial charge in [-0.15, -0.1) is 0 Å². The number of amides is 2. The second kappa shape index (κ2) is 6.72. The maximum absolute atomic E-state index is 12.0. The molecule has 0 aromatic rings. The third-order valence-electron chi connectivity index (χ3n) is 8.43. The minimum atomic E-state index is -0.432. The molecular formula is C23H34N2O3. The van der Waals surface area contributed by atoms with E-state index in [1.54, 1.807) is 13.8 Å². The minimum absolute atomic E-state index is 0.000197. The summed E-state index contributed by atoms with van der Waals surface area (Å²) in [6.07, 6.45) is 10.9. The summed E-state index contributed by atoms with van der Waals surface area (Å²) < 4.78 is 0. The van der Waals surface area contributed by atoms with Crippen molar-refractivity contribution in [1.29, 1.82) is 0 Å². The van der Waals surface area contributed by atoms with Gasteiger partial charge in [0, 0.05) is 25.3 Å². The number of nitrogens with one attached hydrogen (secondary N) is 2. The van der Waals surface area contributed by atoms with E-state index in [9.17, 15) is 14.7 Å². The van der Waals surface area contributed by atoms with Crippen molar-refractivity contribution in [2.75, 3.05) is 0 Å². The van der Waals surface area contributed by atoms with Crippen LogP contribution in [0.3, 0.4) is 0 Å². The molecule has 2 amide bonds. The monoisotopic (exact) mass is 386 g/mol. The number of allylic oxidation sites excluding steroid dienone is 1. The van der Waals surface area contributed by atoms with Crippen LogP contribution in [0.25, 0.3) is 0 Å². The molecule has 4 aliphatic rings. The molecule has 154 valence electrons. The highest BCUT2D eigenvalue weighted by molar-refractivity contribution is 5.74. The van der Waals surface area contributed by atoms with Gasteiger partial charge in [-0.2, -0.15) is 0 Å². The third kappa shape index (κ3) is 2.94. The van der Waals surface area contributed by atoms with Crippen LogP contribution in [0.5, 0.6) is 0 Å². The fourth-order valence-corrected chi connectivity index (χ4v) is 7.12. The van der Waals surface area contributed by atoms with E-state index in [2.05, 4.69) is 36.6 Å². The van der Waals surface area contributed by atoms with Crippen LogP contribution in [-0.4, -0.2) is 35.1 Å². The summed E-state index contributed by atoms with van der Waals surface area (Å²) >= 11 is 0. The van der Waals surface area contributed by atoms with Crippen LogP contribution in [0.2, 0.25) is 0 Å². The van der Waals surface area contributed by atoms with E-state index in [0.29, 0.717) is 24.2 Å². The van der Waals surface area contributed by atoms with E-state index in [4.69, 9.17) is 0 Å². The lowest BCUT2D eigenvalue weighted by Gasteiger charge is -2.58. The average Bonchev–Trinajstić information content (AvgIpc) is 2.92. The quantitative estimate of drug-likeness (QED) is 0.639. The van der Waals surface area contributed by atoms with Crippen molar-refractivity contribution >= 4 is 11.8 Å². The van der Waals surface area contributed by atoms with Gasteiger partial charge in [0.1, 0.15) is 0 Å². The van der Waals surface area contributed by atoms with Gasteiger partial charge in [0.25, 0.3) is 0 Å². The van der Waals surface area contributed by atoms with Crippen molar-refractivity contribution < 1.29 is 14.7 Å². The minimum Gasteiger partial charge on any atom is -0.389 e. The number of rotatable bonds is 2. The van der Waals surface area contributed by atoms with Crippen molar-refractivity contribution in [1.82, 2.24) is 10.6 Å². The van der Waals surface area contributed by atoms with Crippen molar-refractivity contribution in [2.24, 2.45) is 28.6 Å². The predicted octanol–water partition coefficient (Wildman–Crippen LogP) is 2.71. The fraction of sp³-hybridized carbons (Fsp3) is 0.739. The zero-order valence-electron chi connectivity index (χ0n) is 17.5. The first kappa shape index (κ1) is 19.7. The standard InChI is InChI=1S/C23H34N2O3/c1-13(26)24-19-12-15-11-16(28)7-9-22(15,3)18-8-10-23(4)17(21(18)19)5-6-20(23)25-14(2)27/h7,9,12,16-21,28H,5-6,8,10-11H2,1-4H3,(H,24,26)(H,25,27)/t16?,17-,18+,19?,20?,21-,22-,23-/m0/s1. The number of carbonyl (C=O) groups is 2. The zero-order chi connectivity index (χ0) is 20.3. The van der Waals surface area contributed by atoms with Gasteiger partial charge in [0.05, 0.1) is 12.1 Å². The SMILES string of the molecule is CC(=O)NC1C=C2CC(O)C=C[C@]2(C)[C@@H]2CC[C@]3(C)C(NC(C)=O)CC[C@H]3[C@H]12. The highest BCUT2D eigenvalue weighted by Crippen LogP contribution is 2.63. The van der Waals surface area contributed by atoms with E-state index >= 15 is 0 Å². The Morgan fingerprint density at radius 1 is 1.07 bits per heavy atom. The maximum Gasteiger partial charge on any atom is 0.217 e. The summed E-state index contributed by atoms with van der Waals surface area (Å²) in [7, 11) is 0. The Bertz CT molecular complexity index is 744. The molecule has 0 saturated heterocycles. The zero-order valence-corrected chi connectivity index (χ0v) is 17.5. The van der Waals surface area contributed by atoms with Crippen LogP contribution in [-0.2, 0) is 9.59 Å². The Kier molecular flexibility index (Phi) is 4.72. The van der Waals surface area contributed by atoms with Gasteiger partial charge in [0.2, 0.25) is 11.8 Å². The van der Waals surface area contributed by atoms with Gasteiger partial charge in [0.15, 0.2) is 0 Å². The summed E-state index contributed by atoms with van der Waals surface area (Å²) in [6.45, 7) is 7.85. The van der Waals surface area contributed by atoms with Gasteiger partial charge in [-0.05, 0) is 55.3 Å². The first-order valence-electron chi connectivity index (χ1n) is 10.8. The van der Waals surface area contributed by atoms with Crippen LogP contribution in [0.1, 0.15) is 59.8 Å². The van der Waals surface area contributed by atoms with Gasteiger partial charge in [-0.25, -0.2) is 0 Å². The number of hydrogen-bond acceptors (Lipinski definition) is 3. The molecular weight excluding hydrogens is 352 g/mol. The highest BCUT2D eigenvalue weighted by Gasteiger charge is 2.60. The maximum atomic E-state index is 12.0. The molecule has 0 aliphatic heterocycles. The molecule has 28 heavy (non-hydrogen) atoms. The van der Waals surface area contributed by atoms with Crippen molar-refractivity contribution in [3.05, 3.63) is 23.8 Å². The van der Waals surface area contributed by atoms with Gasteiger partial charge < -0.3 is 15.7 Å². The lowest BCUT2D eigenvalue weighted by molar-refractivity contribution is -0.121. The number of hydrogen-bond donors (Lipinski definition) is 3. The Morgan fingerprint density at radius 3 is 2.46 bits per heavy atom. The number of aliphatic hydroxyl groups is 1. The molecule has 0 aromatic carbocycles. The number of aliphatic hydroxyl groups excluding tert-OH is 1. The largest absolute Gasteiger partial charge is 0.389 e. The predicted molar refractivity (Wildman–Crippen MR) is 108 cm³/mol. The molecule has 0 spiro atoms. The van der Waals surface area contributed by atoms with E-state index in [1.165, 1.54) is 5.57 Å². The van der Waals surface area contributed by atoms with Crippen molar-refractivity contribution in [3.63, 3.8) is 0 Å². The molecule has 2 fully saturated rings. The second-order valence-corrected chi connectivity index (χ2v) is 10.00. The molecule has 4 aliphatic carbocycles. The van der Waals surface area contributed by atoms with Crippen LogP contribution >= 0.6 is 0 Å². The number of carbonyl (C=O) groups excluding carboxylic acids is 2. The van der Waals surface area contributed by atoms with Crippen molar-refractivity contribution in [3.8, 4) is 0 Å². The fourth-order valence-electron chi connectivity index (χ4n) is 7.12. The molecule has 3 unspecified atom stereocenters. The van der Waals surface area contributed by atoms with Crippen molar-refractivity contribution in [2.45, 2.75) is 78.0 Å². The molecule has 0 heterocycles. The Labute approximate surface area is 168 Å². The molecule has 2 saturated carbocycles. The first-order valence-corrected chi connectivity index (χ1v) is 10.8. The molecule has 5 nitrogen and oxygen atoms in total. The van der Waals surface area contributed by atoms with E-state index in [1.807, 2.05) is 6.08 Å². The van der Waals surface area contributed by atoms with Crippen LogP contribution in [0.4, 0.5) is 0 Å². The molecule has 0 radical (unpaired) electrons. The van der Waals surface area contributed by atoms with Crippen LogP contribution in [0.15, 0.2) is 23.8 Å². The van der Waals surface area contributed by atoms with Gasteiger partial charge in [-0.3, -0.25) is 9.59 Å². The van der Waals surface area contributed by atoms with E-state index in [0.717, 1.165) is 25.7 Å². The summed E-state index contributed by atoms with van der Waals surface area (Å²) in [4.78, 5) is 23.8. The molecule has 0 bridgehead atoms. The number of fused-ring (bicyclic) bond motifs is 5. The Balaban J connectivity index is 1.74. The van der Waals surface area contributed by atoms with Gasteiger partial charge >= 0.3 is 0 Å². The highest BCUT2D eigenvalue weighted by atomic mass is 16.3. The summed E-state index contributed by atoms with van der Waals surface area (Å²) in [5, 5.41) is 16.6. The summed E-state index contributed by atoms with van der Waals surface area (Å²) in [5.41, 5.74) is 1.29. The molecule has 4 rings (SSSR count). The summed E-state index contributed by atoms with van der Waals surface area (Å²) in [5.74, 6) is 1.32. The van der Waals surface area contributed by atoms with E-state index in [-0.39, 0.29) is 34.7 Å². The molecule has 0 aromatic heterocycles. The van der Waals surface area contributed by atoms with Crippen LogP contribution in [0, 0.1) is 28.6 Å². The lowest BCUT2D eigenvalue weighted by Crippen LogP contribution is -2.59. The molecule has 8 atom stereocenters. The molecule has 3 N–H and O–H groups in total. The normalized spacial score (nSPS) is 46.7. The van der Waals surface area contributed by atoms with E-state index < -0.39 is 6.10 Å². The first-order chi connectivity index (χ1) is 13.1. The third-order valence-corrected chi connectivity index (χ3v) is 8.43. The summed E-state index contributed by atoms with van der Waals surface area (Å²) in [6, 6.07) is 0.223. The van der Waals surface area contributed by atoms with Crippen LogP contribution < -0.4 is 10.6 Å².